The second-order valence-electron chi connectivity index (χ2n) is 3.59. The van der Waals surface area contributed by atoms with Crippen molar-refractivity contribution in [2.75, 3.05) is 0 Å². The molecule has 0 saturated carbocycles. The van der Waals surface area contributed by atoms with Gasteiger partial charge in [0.05, 0.1) is 5.52 Å². The summed E-state index contributed by atoms with van der Waals surface area (Å²) in [5.41, 5.74) is 2.32. The fourth-order valence-electron chi connectivity index (χ4n) is 1.83. The predicted octanol–water partition coefficient (Wildman–Crippen LogP) is 3.79. The van der Waals surface area contributed by atoms with E-state index < -0.39 is 0 Å². The Morgan fingerprint density at radius 3 is 2.62 bits per heavy atom. The Labute approximate surface area is 102 Å². The van der Waals surface area contributed by atoms with Crippen LogP contribution < -0.4 is 0 Å². The zero-order chi connectivity index (χ0) is 11.0. The number of halogens is 1. The van der Waals surface area contributed by atoms with Gasteiger partial charge in [-0.2, -0.15) is 0 Å². The largest absolute Gasteiger partial charge is 0.316 e. The van der Waals surface area contributed by atoms with E-state index in [-0.39, 0.29) is 0 Å². The molecule has 3 aromatic rings. The van der Waals surface area contributed by atoms with E-state index in [2.05, 4.69) is 55.9 Å². The van der Waals surface area contributed by atoms with Gasteiger partial charge in [0.2, 0.25) is 0 Å². The molecule has 0 unspecified atom stereocenters. The van der Waals surface area contributed by atoms with Crippen LogP contribution in [-0.4, -0.2) is 9.55 Å². The average Bonchev–Trinajstić information content (AvgIpc) is 2.73. The molecular formula is C13H9BrN2. The van der Waals surface area contributed by atoms with E-state index in [4.69, 9.17) is 0 Å². The van der Waals surface area contributed by atoms with Crippen LogP contribution in [0.25, 0.3) is 16.6 Å². The van der Waals surface area contributed by atoms with Gasteiger partial charge in [0.1, 0.15) is 0 Å². The highest BCUT2D eigenvalue weighted by atomic mass is 79.9. The van der Waals surface area contributed by atoms with E-state index in [0.717, 1.165) is 10.2 Å². The molecule has 3 rings (SSSR count). The first-order valence-corrected chi connectivity index (χ1v) is 5.81. The molecule has 0 aliphatic carbocycles. The summed E-state index contributed by atoms with van der Waals surface area (Å²) in [4.78, 5) is 4.03. The van der Waals surface area contributed by atoms with Gasteiger partial charge in [-0.3, -0.25) is 4.98 Å². The summed E-state index contributed by atoms with van der Waals surface area (Å²) >= 11 is 3.50. The number of hydrogen-bond donors (Lipinski definition) is 0. The number of fused-ring (bicyclic) bond motifs is 1. The Morgan fingerprint density at radius 1 is 1.00 bits per heavy atom. The van der Waals surface area contributed by atoms with Crippen LogP contribution in [0.1, 0.15) is 0 Å². The van der Waals surface area contributed by atoms with Crippen molar-refractivity contribution < 1.29 is 0 Å². The van der Waals surface area contributed by atoms with Crippen molar-refractivity contribution in [3.8, 4) is 5.69 Å². The molecule has 16 heavy (non-hydrogen) atoms. The SMILES string of the molecule is Brc1ccc2ccn(-c3ccncc3)c2c1. The minimum Gasteiger partial charge on any atom is -0.316 e. The summed E-state index contributed by atoms with van der Waals surface area (Å²) in [7, 11) is 0. The fourth-order valence-corrected chi connectivity index (χ4v) is 2.18. The van der Waals surface area contributed by atoms with Crippen LogP contribution in [-0.2, 0) is 0 Å². The van der Waals surface area contributed by atoms with E-state index in [1.807, 2.05) is 12.1 Å². The molecule has 0 amide bonds. The lowest BCUT2D eigenvalue weighted by atomic mass is 10.2. The lowest BCUT2D eigenvalue weighted by molar-refractivity contribution is 1.11. The van der Waals surface area contributed by atoms with Crippen molar-refractivity contribution in [3.63, 3.8) is 0 Å². The molecule has 3 heteroatoms. The molecule has 2 aromatic heterocycles. The number of aromatic nitrogens is 2. The van der Waals surface area contributed by atoms with Crippen molar-refractivity contribution in [1.29, 1.82) is 0 Å². The maximum absolute atomic E-state index is 4.03. The molecule has 1 aromatic carbocycles. The molecule has 0 atom stereocenters. The summed E-state index contributed by atoms with van der Waals surface area (Å²) in [5.74, 6) is 0. The highest BCUT2D eigenvalue weighted by Gasteiger charge is 2.02. The maximum atomic E-state index is 4.03. The highest BCUT2D eigenvalue weighted by molar-refractivity contribution is 9.10. The molecule has 0 aliphatic heterocycles. The van der Waals surface area contributed by atoms with Gasteiger partial charge in [-0.1, -0.05) is 22.0 Å². The summed E-state index contributed by atoms with van der Waals surface area (Å²) < 4.78 is 3.25. The van der Waals surface area contributed by atoms with Crippen LogP contribution in [0.3, 0.4) is 0 Å². The van der Waals surface area contributed by atoms with E-state index in [0.29, 0.717) is 0 Å². The number of hydrogen-bond acceptors (Lipinski definition) is 1. The Morgan fingerprint density at radius 2 is 1.81 bits per heavy atom. The maximum Gasteiger partial charge on any atom is 0.0539 e. The standard InChI is InChI=1S/C13H9BrN2/c14-11-2-1-10-5-8-16(13(10)9-11)12-3-6-15-7-4-12/h1-9H. The first-order chi connectivity index (χ1) is 7.84. The minimum absolute atomic E-state index is 1.09. The number of pyridine rings is 1. The second kappa shape index (κ2) is 3.76. The van der Waals surface area contributed by atoms with Gasteiger partial charge in [0.25, 0.3) is 0 Å². The van der Waals surface area contributed by atoms with Gasteiger partial charge in [-0.15, -0.1) is 0 Å². The van der Waals surface area contributed by atoms with Gasteiger partial charge in [0.15, 0.2) is 0 Å². The van der Waals surface area contributed by atoms with Gasteiger partial charge >= 0.3 is 0 Å². The van der Waals surface area contributed by atoms with Gasteiger partial charge < -0.3 is 4.57 Å². The first-order valence-electron chi connectivity index (χ1n) is 5.01. The Kier molecular flexibility index (Phi) is 2.26. The normalized spacial score (nSPS) is 10.8. The number of benzene rings is 1. The summed E-state index contributed by atoms with van der Waals surface area (Å²) in [6, 6.07) is 12.4. The van der Waals surface area contributed by atoms with Gasteiger partial charge in [0, 0.05) is 34.1 Å². The Balaban J connectivity index is 2.29. The molecule has 0 saturated heterocycles. The molecule has 0 aliphatic rings. The topological polar surface area (TPSA) is 17.8 Å². The molecule has 0 spiro atoms. The Hall–Kier alpha value is -1.61. The third-order valence-corrected chi connectivity index (χ3v) is 3.09. The summed E-state index contributed by atoms with van der Waals surface area (Å²) in [6.45, 7) is 0. The lowest BCUT2D eigenvalue weighted by Crippen LogP contribution is -1.91. The molecular weight excluding hydrogens is 264 g/mol. The van der Waals surface area contributed by atoms with Crippen molar-refractivity contribution >= 4 is 26.8 Å². The smallest absolute Gasteiger partial charge is 0.0539 e. The van der Waals surface area contributed by atoms with Gasteiger partial charge in [-0.25, -0.2) is 0 Å². The molecule has 0 radical (unpaired) electrons. The third-order valence-electron chi connectivity index (χ3n) is 2.60. The van der Waals surface area contributed by atoms with Crippen LogP contribution >= 0.6 is 15.9 Å². The van der Waals surface area contributed by atoms with Crippen LogP contribution in [0, 0.1) is 0 Å². The molecule has 0 fully saturated rings. The fraction of sp³-hybridized carbons (Fsp3) is 0. The second-order valence-corrected chi connectivity index (χ2v) is 4.51. The zero-order valence-electron chi connectivity index (χ0n) is 8.47. The summed E-state index contributed by atoms with van der Waals surface area (Å²) in [6.07, 6.45) is 5.69. The first kappa shape index (κ1) is 9.60. The predicted molar refractivity (Wildman–Crippen MR) is 68.8 cm³/mol. The summed E-state index contributed by atoms with van der Waals surface area (Å²) in [5, 5.41) is 1.24. The van der Waals surface area contributed by atoms with E-state index >= 15 is 0 Å². The molecule has 78 valence electrons. The van der Waals surface area contributed by atoms with E-state index in [1.165, 1.54) is 10.9 Å². The van der Waals surface area contributed by atoms with Crippen molar-refractivity contribution in [1.82, 2.24) is 9.55 Å². The molecule has 0 bridgehead atoms. The van der Waals surface area contributed by atoms with E-state index in [9.17, 15) is 0 Å². The van der Waals surface area contributed by atoms with Crippen LogP contribution in [0.4, 0.5) is 0 Å². The zero-order valence-corrected chi connectivity index (χ0v) is 10.1. The monoisotopic (exact) mass is 272 g/mol. The van der Waals surface area contributed by atoms with Crippen molar-refractivity contribution in [2.24, 2.45) is 0 Å². The van der Waals surface area contributed by atoms with Gasteiger partial charge in [-0.05, 0) is 30.3 Å². The van der Waals surface area contributed by atoms with Crippen molar-refractivity contribution in [2.45, 2.75) is 0 Å². The molecule has 0 N–H and O–H groups in total. The molecule has 2 nitrogen and oxygen atoms in total. The van der Waals surface area contributed by atoms with Crippen LogP contribution in [0.15, 0.2) is 59.5 Å². The number of nitrogens with zero attached hydrogens (tertiary/aromatic N) is 2. The molecule has 2 heterocycles. The van der Waals surface area contributed by atoms with Crippen LogP contribution in [0.5, 0.6) is 0 Å². The number of rotatable bonds is 1. The van der Waals surface area contributed by atoms with Crippen LogP contribution in [0.2, 0.25) is 0 Å². The minimum atomic E-state index is 1.09. The Bertz CT molecular complexity index is 629. The van der Waals surface area contributed by atoms with Crippen molar-refractivity contribution in [3.05, 3.63) is 59.5 Å². The van der Waals surface area contributed by atoms with E-state index in [1.54, 1.807) is 12.4 Å². The average molecular weight is 273 g/mol. The quantitative estimate of drug-likeness (QED) is 0.659. The third kappa shape index (κ3) is 1.53. The lowest BCUT2D eigenvalue weighted by Gasteiger charge is -2.04. The highest BCUT2D eigenvalue weighted by Crippen LogP contribution is 2.23.